The number of aliphatic imine (C=N–C) groups is 1. The van der Waals surface area contributed by atoms with Crippen molar-refractivity contribution in [2.24, 2.45) is 4.99 Å². The van der Waals surface area contributed by atoms with Crippen LogP contribution in [0.1, 0.15) is 22.8 Å². The average molecular weight is 549 g/mol. The van der Waals surface area contributed by atoms with Crippen LogP contribution < -0.4 is 9.47 Å². The van der Waals surface area contributed by atoms with Crippen molar-refractivity contribution in [1.82, 2.24) is 4.90 Å². The summed E-state index contributed by atoms with van der Waals surface area (Å²) in [7, 11) is 3.06. The molecule has 1 aliphatic heterocycles. The summed E-state index contributed by atoms with van der Waals surface area (Å²) in [5.41, 5.74) is 1.65. The summed E-state index contributed by atoms with van der Waals surface area (Å²) < 4.78 is 16.1. The van der Waals surface area contributed by atoms with Gasteiger partial charge in [0.05, 0.1) is 29.9 Å². The van der Waals surface area contributed by atoms with E-state index in [-0.39, 0.29) is 11.7 Å². The van der Waals surface area contributed by atoms with Crippen LogP contribution in [0.3, 0.4) is 0 Å². The van der Waals surface area contributed by atoms with Crippen molar-refractivity contribution in [1.29, 1.82) is 0 Å². The molecule has 0 saturated carbocycles. The van der Waals surface area contributed by atoms with Crippen LogP contribution in [-0.4, -0.2) is 60.4 Å². The first-order valence-corrected chi connectivity index (χ1v) is 11.6. The van der Waals surface area contributed by atoms with Crippen molar-refractivity contribution < 1.29 is 33.7 Å². The minimum atomic E-state index is -1.11. The number of likely N-dealkylation sites (N-methyl/N-ethyl adjacent to an activating group) is 1. The number of hydrogen-bond donors (Lipinski definition) is 1. The Morgan fingerprint density at radius 3 is 2.53 bits per heavy atom. The van der Waals surface area contributed by atoms with Crippen molar-refractivity contribution in [3.63, 3.8) is 0 Å². The fourth-order valence-corrected chi connectivity index (χ4v) is 4.28. The molecule has 1 fully saturated rings. The average Bonchev–Trinajstić information content (AvgIpc) is 3.07. The third kappa shape index (κ3) is 5.97. The highest BCUT2D eigenvalue weighted by Crippen LogP contribution is 2.38. The molecular weight excluding hydrogens is 528 g/mol. The maximum absolute atomic E-state index is 12.8. The summed E-state index contributed by atoms with van der Waals surface area (Å²) >= 11 is 4.63. The number of carbonyl (C=O) groups excluding carboxylic acids is 2. The molecular formula is C23H21BrN2O7S. The molecule has 3 rings (SSSR count). The number of hydrogen-bond acceptors (Lipinski definition) is 8. The van der Waals surface area contributed by atoms with E-state index < -0.39 is 18.5 Å². The normalized spacial score (nSPS) is 15.6. The van der Waals surface area contributed by atoms with Gasteiger partial charge in [0.2, 0.25) is 0 Å². The lowest BCUT2D eigenvalue weighted by Crippen LogP contribution is -2.23. The number of esters is 1. The second kappa shape index (κ2) is 11.2. The molecule has 0 bridgehead atoms. The first-order valence-electron chi connectivity index (χ1n) is 9.99. The molecule has 1 amide bonds. The van der Waals surface area contributed by atoms with Gasteiger partial charge in [0.1, 0.15) is 0 Å². The molecule has 2 aromatic rings. The van der Waals surface area contributed by atoms with Gasteiger partial charge >= 0.3 is 11.9 Å². The van der Waals surface area contributed by atoms with E-state index in [1.54, 1.807) is 56.4 Å². The summed E-state index contributed by atoms with van der Waals surface area (Å²) in [6.45, 7) is 1.52. The Hall–Kier alpha value is -3.31. The van der Waals surface area contributed by atoms with Gasteiger partial charge in [-0.3, -0.25) is 9.69 Å². The standard InChI is InChI=1S/C23H21BrN2O7S/c1-4-32-22(30)13-5-7-15(8-6-13)25-23-26(2)21(29)19(34-23)10-14-9-17(31-3)18(11-16(14)24)33-12-20(27)28/h5-11H,4,12H2,1-3H3,(H,27,28)/b19-10-,25-23?. The molecule has 0 aromatic heterocycles. The Kier molecular flexibility index (Phi) is 8.35. The molecule has 0 aliphatic carbocycles. The number of amidine groups is 1. The van der Waals surface area contributed by atoms with Crippen LogP contribution >= 0.6 is 27.7 Å². The van der Waals surface area contributed by atoms with Gasteiger partial charge in [0.15, 0.2) is 23.3 Å². The van der Waals surface area contributed by atoms with Crippen molar-refractivity contribution in [2.75, 3.05) is 27.4 Å². The van der Waals surface area contributed by atoms with Gasteiger partial charge in [-0.25, -0.2) is 14.6 Å². The number of nitrogens with zero attached hydrogens (tertiary/aromatic N) is 2. The Labute approximate surface area is 208 Å². The van der Waals surface area contributed by atoms with E-state index in [1.165, 1.54) is 23.8 Å². The van der Waals surface area contributed by atoms with Crippen molar-refractivity contribution >= 4 is 62.5 Å². The van der Waals surface area contributed by atoms with Crippen LogP contribution in [0, 0.1) is 0 Å². The van der Waals surface area contributed by atoms with Gasteiger partial charge in [-0.05, 0) is 66.7 Å². The molecule has 1 saturated heterocycles. The van der Waals surface area contributed by atoms with Gasteiger partial charge in [0.25, 0.3) is 5.91 Å². The highest BCUT2D eigenvalue weighted by Gasteiger charge is 2.30. The summed E-state index contributed by atoms with van der Waals surface area (Å²) in [5.74, 6) is -1.16. The number of carbonyl (C=O) groups is 3. The lowest BCUT2D eigenvalue weighted by Gasteiger charge is -2.11. The zero-order valence-corrected chi connectivity index (χ0v) is 20.9. The van der Waals surface area contributed by atoms with E-state index in [9.17, 15) is 14.4 Å². The van der Waals surface area contributed by atoms with Crippen LogP contribution in [0.5, 0.6) is 11.5 Å². The molecule has 11 heteroatoms. The zero-order chi connectivity index (χ0) is 24.8. The number of methoxy groups -OCH3 is 1. The van der Waals surface area contributed by atoms with Gasteiger partial charge < -0.3 is 19.3 Å². The largest absolute Gasteiger partial charge is 0.493 e. The maximum Gasteiger partial charge on any atom is 0.341 e. The van der Waals surface area contributed by atoms with Gasteiger partial charge in [-0.15, -0.1) is 0 Å². The number of halogens is 1. The molecule has 2 aromatic carbocycles. The van der Waals surface area contributed by atoms with Crippen molar-refractivity contribution in [2.45, 2.75) is 6.92 Å². The number of ether oxygens (including phenoxy) is 3. The third-order valence-electron chi connectivity index (χ3n) is 4.53. The molecule has 0 atom stereocenters. The quantitative estimate of drug-likeness (QED) is 0.382. The van der Waals surface area contributed by atoms with Crippen LogP contribution in [0.25, 0.3) is 6.08 Å². The smallest absolute Gasteiger partial charge is 0.341 e. The van der Waals surface area contributed by atoms with Gasteiger partial charge in [-0.1, -0.05) is 15.9 Å². The molecule has 0 radical (unpaired) electrons. The second-order valence-electron chi connectivity index (χ2n) is 6.84. The van der Waals surface area contributed by atoms with E-state index in [2.05, 4.69) is 20.9 Å². The first kappa shape index (κ1) is 25.3. The molecule has 0 unspecified atom stereocenters. The Bertz CT molecular complexity index is 1180. The predicted molar refractivity (Wildman–Crippen MR) is 132 cm³/mol. The fourth-order valence-electron chi connectivity index (χ4n) is 2.86. The third-order valence-corrected chi connectivity index (χ3v) is 6.27. The highest BCUT2D eigenvalue weighted by atomic mass is 79.9. The number of rotatable bonds is 8. The van der Waals surface area contributed by atoms with Crippen molar-refractivity contribution in [3.05, 3.63) is 56.9 Å². The fraction of sp³-hybridized carbons (Fsp3) is 0.217. The van der Waals surface area contributed by atoms with Gasteiger partial charge in [-0.2, -0.15) is 0 Å². The summed E-state index contributed by atoms with van der Waals surface area (Å²) in [6, 6.07) is 9.82. The summed E-state index contributed by atoms with van der Waals surface area (Å²) in [6.07, 6.45) is 1.68. The van der Waals surface area contributed by atoms with Gasteiger partial charge in [0, 0.05) is 11.5 Å². The maximum atomic E-state index is 12.8. The van der Waals surface area contributed by atoms with E-state index in [0.717, 1.165) is 0 Å². The van der Waals surface area contributed by atoms with E-state index >= 15 is 0 Å². The minimum Gasteiger partial charge on any atom is -0.493 e. The predicted octanol–water partition coefficient (Wildman–Crippen LogP) is 4.33. The molecule has 0 spiro atoms. The number of carboxylic acid groups (broad SMARTS) is 1. The van der Waals surface area contributed by atoms with Crippen molar-refractivity contribution in [3.8, 4) is 11.5 Å². The Morgan fingerprint density at radius 2 is 1.91 bits per heavy atom. The zero-order valence-electron chi connectivity index (χ0n) is 18.5. The lowest BCUT2D eigenvalue weighted by atomic mass is 10.2. The van der Waals surface area contributed by atoms with Crippen LogP contribution in [0.2, 0.25) is 0 Å². The number of carboxylic acids is 1. The van der Waals surface area contributed by atoms with Crippen LogP contribution in [-0.2, 0) is 14.3 Å². The van der Waals surface area contributed by atoms with E-state index in [0.29, 0.717) is 43.7 Å². The molecule has 178 valence electrons. The van der Waals surface area contributed by atoms with E-state index in [4.69, 9.17) is 19.3 Å². The lowest BCUT2D eigenvalue weighted by molar-refractivity contribution is -0.139. The molecule has 34 heavy (non-hydrogen) atoms. The number of amides is 1. The summed E-state index contributed by atoms with van der Waals surface area (Å²) in [4.78, 5) is 41.8. The van der Waals surface area contributed by atoms with Crippen LogP contribution in [0.4, 0.5) is 5.69 Å². The minimum absolute atomic E-state index is 0.232. The van der Waals surface area contributed by atoms with E-state index in [1.807, 2.05) is 0 Å². The Morgan fingerprint density at radius 1 is 1.21 bits per heavy atom. The number of aliphatic carboxylic acids is 1. The summed E-state index contributed by atoms with van der Waals surface area (Å²) in [5, 5.41) is 9.31. The molecule has 9 nitrogen and oxygen atoms in total. The van der Waals surface area contributed by atoms with Crippen LogP contribution in [0.15, 0.2) is 50.8 Å². The Balaban J connectivity index is 1.84. The number of benzene rings is 2. The highest BCUT2D eigenvalue weighted by molar-refractivity contribution is 9.10. The topological polar surface area (TPSA) is 115 Å². The molecule has 1 heterocycles. The molecule has 1 aliphatic rings. The first-order chi connectivity index (χ1) is 16.2. The monoisotopic (exact) mass is 548 g/mol. The number of thioether (sulfide) groups is 1. The SMILES string of the molecule is CCOC(=O)c1ccc(N=C2S/C(=C\c3cc(OC)c(OCC(=O)O)cc3Br)C(=O)N2C)cc1. The molecule has 1 N–H and O–H groups in total. The second-order valence-corrected chi connectivity index (χ2v) is 8.71.